The Morgan fingerprint density at radius 2 is 1.94 bits per heavy atom. The van der Waals surface area contributed by atoms with Crippen LogP contribution in [0.5, 0.6) is 0 Å². The maximum atomic E-state index is 11.7. The quantitative estimate of drug-likeness (QED) is 0.708. The van der Waals surface area contributed by atoms with E-state index in [0.29, 0.717) is 0 Å². The molecule has 0 spiro atoms. The number of rotatable bonds is 6. The Morgan fingerprint density at radius 3 is 2.44 bits per heavy atom. The molecule has 1 rings (SSSR count). The lowest BCUT2D eigenvalue weighted by atomic mass is 10.3. The standard InChI is InChI=1S/C11H18N2O4S/c1-8(14)12-9(11(16)17)6-18-7-10(15)13-4-2-3-5-13/h9H,2-7H2,1H3,(H,12,14)(H,16,17). The zero-order chi connectivity index (χ0) is 13.5. The van der Waals surface area contributed by atoms with Crippen molar-refractivity contribution in [2.45, 2.75) is 25.8 Å². The Hall–Kier alpha value is -1.24. The first kappa shape index (κ1) is 14.8. The van der Waals surface area contributed by atoms with Crippen molar-refractivity contribution in [3.8, 4) is 0 Å². The number of carbonyl (C=O) groups is 3. The maximum Gasteiger partial charge on any atom is 0.327 e. The minimum atomic E-state index is -1.08. The van der Waals surface area contributed by atoms with Crippen LogP contribution in [0.15, 0.2) is 0 Å². The van der Waals surface area contributed by atoms with Gasteiger partial charge in [-0.15, -0.1) is 11.8 Å². The van der Waals surface area contributed by atoms with Crippen molar-refractivity contribution in [1.29, 1.82) is 0 Å². The number of hydrogen-bond donors (Lipinski definition) is 2. The van der Waals surface area contributed by atoms with E-state index < -0.39 is 12.0 Å². The van der Waals surface area contributed by atoms with Gasteiger partial charge in [0.15, 0.2) is 0 Å². The fourth-order valence-electron chi connectivity index (χ4n) is 1.74. The smallest absolute Gasteiger partial charge is 0.327 e. The van der Waals surface area contributed by atoms with Gasteiger partial charge in [-0.2, -0.15) is 0 Å². The van der Waals surface area contributed by atoms with Crippen molar-refractivity contribution in [1.82, 2.24) is 10.2 Å². The number of carboxylic acid groups (broad SMARTS) is 1. The van der Waals surface area contributed by atoms with E-state index in [4.69, 9.17) is 5.11 Å². The molecule has 6 nitrogen and oxygen atoms in total. The summed E-state index contributed by atoms with van der Waals surface area (Å²) in [6.07, 6.45) is 2.08. The van der Waals surface area contributed by atoms with E-state index in [1.165, 1.54) is 18.7 Å². The Bertz CT molecular complexity index is 329. The zero-order valence-electron chi connectivity index (χ0n) is 10.3. The first-order valence-electron chi connectivity index (χ1n) is 5.86. The fourth-order valence-corrected chi connectivity index (χ4v) is 2.68. The summed E-state index contributed by atoms with van der Waals surface area (Å²) < 4.78 is 0. The zero-order valence-corrected chi connectivity index (χ0v) is 11.2. The van der Waals surface area contributed by atoms with Crippen LogP contribution in [0.25, 0.3) is 0 Å². The summed E-state index contributed by atoms with van der Waals surface area (Å²) in [6, 6.07) is -0.932. The molecular weight excluding hydrogens is 256 g/mol. The molecule has 0 aromatic carbocycles. The molecular formula is C11H18N2O4S. The van der Waals surface area contributed by atoms with Gasteiger partial charge in [0.05, 0.1) is 5.75 Å². The molecule has 0 bridgehead atoms. The molecule has 0 aliphatic carbocycles. The maximum absolute atomic E-state index is 11.7. The van der Waals surface area contributed by atoms with Gasteiger partial charge in [0.25, 0.3) is 0 Å². The number of likely N-dealkylation sites (tertiary alicyclic amines) is 1. The molecule has 1 atom stereocenters. The topological polar surface area (TPSA) is 86.7 Å². The summed E-state index contributed by atoms with van der Waals surface area (Å²) in [4.78, 5) is 35.1. The van der Waals surface area contributed by atoms with Crippen LogP contribution in [0, 0.1) is 0 Å². The molecule has 0 saturated carbocycles. The molecule has 0 aromatic rings. The van der Waals surface area contributed by atoms with Gasteiger partial charge in [-0.05, 0) is 12.8 Å². The Labute approximate surface area is 110 Å². The third kappa shape index (κ3) is 4.95. The first-order chi connectivity index (χ1) is 8.50. The highest BCUT2D eigenvalue weighted by atomic mass is 32.2. The highest BCUT2D eigenvalue weighted by molar-refractivity contribution is 8.00. The molecule has 1 unspecified atom stereocenters. The fraction of sp³-hybridized carbons (Fsp3) is 0.727. The SMILES string of the molecule is CC(=O)NC(CSCC(=O)N1CCCC1)C(=O)O. The molecule has 0 aromatic heterocycles. The van der Waals surface area contributed by atoms with Crippen molar-refractivity contribution in [2.24, 2.45) is 0 Å². The number of hydrogen-bond acceptors (Lipinski definition) is 4. The summed E-state index contributed by atoms with van der Waals surface area (Å²) in [5, 5.41) is 11.2. The second-order valence-corrected chi connectivity index (χ2v) is 5.22. The van der Waals surface area contributed by atoms with Gasteiger partial charge in [-0.25, -0.2) is 4.79 Å². The summed E-state index contributed by atoms with van der Waals surface area (Å²) in [5.74, 6) is -0.942. The van der Waals surface area contributed by atoms with Crippen molar-refractivity contribution in [2.75, 3.05) is 24.6 Å². The van der Waals surface area contributed by atoms with E-state index in [-0.39, 0.29) is 23.3 Å². The summed E-state index contributed by atoms with van der Waals surface area (Å²) >= 11 is 1.24. The Morgan fingerprint density at radius 1 is 1.33 bits per heavy atom. The van der Waals surface area contributed by atoms with Gasteiger partial charge in [0.2, 0.25) is 11.8 Å². The number of carboxylic acids is 1. The lowest BCUT2D eigenvalue weighted by molar-refractivity contribution is -0.140. The predicted octanol–water partition coefficient (Wildman–Crippen LogP) is -0.0687. The molecule has 102 valence electrons. The van der Waals surface area contributed by atoms with Gasteiger partial charge in [0.1, 0.15) is 6.04 Å². The average molecular weight is 274 g/mol. The summed E-state index contributed by atoms with van der Waals surface area (Å²) in [5.41, 5.74) is 0. The van der Waals surface area contributed by atoms with Crippen LogP contribution < -0.4 is 5.32 Å². The second-order valence-electron chi connectivity index (χ2n) is 4.19. The monoisotopic (exact) mass is 274 g/mol. The molecule has 2 amide bonds. The minimum absolute atomic E-state index is 0.0458. The van der Waals surface area contributed by atoms with Crippen LogP contribution in [0.3, 0.4) is 0 Å². The predicted molar refractivity (Wildman–Crippen MR) is 68.4 cm³/mol. The van der Waals surface area contributed by atoms with Crippen LogP contribution >= 0.6 is 11.8 Å². The molecule has 18 heavy (non-hydrogen) atoms. The van der Waals surface area contributed by atoms with Crippen LogP contribution in [-0.4, -0.2) is 58.4 Å². The van der Waals surface area contributed by atoms with Crippen molar-refractivity contribution in [3.05, 3.63) is 0 Å². The molecule has 1 heterocycles. The molecule has 1 fully saturated rings. The van der Waals surface area contributed by atoms with Crippen molar-refractivity contribution >= 4 is 29.5 Å². The van der Waals surface area contributed by atoms with Gasteiger partial charge in [-0.1, -0.05) is 0 Å². The number of thioether (sulfide) groups is 1. The number of nitrogens with one attached hydrogen (secondary N) is 1. The summed E-state index contributed by atoms with van der Waals surface area (Å²) in [7, 11) is 0. The molecule has 1 aliphatic heterocycles. The summed E-state index contributed by atoms with van der Waals surface area (Å²) in [6.45, 7) is 2.87. The van der Waals surface area contributed by atoms with E-state index in [1.54, 1.807) is 4.90 Å². The highest BCUT2D eigenvalue weighted by Gasteiger charge is 2.21. The van der Waals surface area contributed by atoms with E-state index in [0.717, 1.165) is 25.9 Å². The van der Waals surface area contributed by atoms with Crippen molar-refractivity contribution in [3.63, 3.8) is 0 Å². The molecule has 1 saturated heterocycles. The lowest BCUT2D eigenvalue weighted by Crippen LogP contribution is -2.41. The third-order valence-electron chi connectivity index (χ3n) is 2.64. The first-order valence-corrected chi connectivity index (χ1v) is 7.01. The van der Waals surface area contributed by atoms with E-state index >= 15 is 0 Å². The molecule has 7 heteroatoms. The number of amides is 2. The van der Waals surface area contributed by atoms with E-state index in [2.05, 4.69) is 5.32 Å². The van der Waals surface area contributed by atoms with Gasteiger partial charge in [-0.3, -0.25) is 9.59 Å². The van der Waals surface area contributed by atoms with Crippen LogP contribution in [0.4, 0.5) is 0 Å². The van der Waals surface area contributed by atoms with Gasteiger partial charge < -0.3 is 15.3 Å². The van der Waals surface area contributed by atoms with E-state index in [9.17, 15) is 14.4 Å². The molecule has 1 aliphatic rings. The van der Waals surface area contributed by atoms with Crippen LogP contribution in [-0.2, 0) is 14.4 Å². The van der Waals surface area contributed by atoms with Crippen LogP contribution in [0.1, 0.15) is 19.8 Å². The van der Waals surface area contributed by atoms with E-state index in [1.807, 2.05) is 0 Å². The minimum Gasteiger partial charge on any atom is -0.480 e. The second kappa shape index (κ2) is 7.25. The Balaban J connectivity index is 2.27. The average Bonchev–Trinajstić information content (AvgIpc) is 2.80. The normalized spacial score (nSPS) is 16.4. The van der Waals surface area contributed by atoms with Gasteiger partial charge in [0, 0.05) is 25.8 Å². The lowest BCUT2D eigenvalue weighted by Gasteiger charge is -2.16. The number of aliphatic carboxylic acids is 1. The highest BCUT2D eigenvalue weighted by Crippen LogP contribution is 2.11. The molecule has 2 N–H and O–H groups in total. The number of nitrogens with zero attached hydrogens (tertiary/aromatic N) is 1. The van der Waals surface area contributed by atoms with Crippen LogP contribution in [0.2, 0.25) is 0 Å². The Kier molecular flexibility index (Phi) is 5.97. The third-order valence-corrected chi connectivity index (χ3v) is 3.66. The number of carbonyl (C=O) groups excluding carboxylic acids is 2. The van der Waals surface area contributed by atoms with Crippen molar-refractivity contribution < 1.29 is 19.5 Å². The molecule has 0 radical (unpaired) electrons. The van der Waals surface area contributed by atoms with Gasteiger partial charge >= 0.3 is 5.97 Å². The largest absolute Gasteiger partial charge is 0.480 e.